The Labute approximate surface area is 124 Å². The molecule has 1 aromatic rings. The maximum absolute atomic E-state index is 12.0. The molecule has 0 unspecified atom stereocenters. The van der Waals surface area contributed by atoms with Crippen LogP contribution in [0.5, 0.6) is 0 Å². The summed E-state index contributed by atoms with van der Waals surface area (Å²) in [7, 11) is -3.02. The number of benzene rings is 1. The molecule has 0 radical (unpaired) electrons. The van der Waals surface area contributed by atoms with E-state index in [0.29, 0.717) is 19.3 Å². The Morgan fingerprint density at radius 2 is 1.90 bits per heavy atom. The third-order valence-corrected chi connectivity index (χ3v) is 5.75. The van der Waals surface area contributed by atoms with Gasteiger partial charge in [-0.05, 0) is 18.9 Å². The van der Waals surface area contributed by atoms with Crippen LogP contribution in [0.2, 0.25) is 0 Å². The molecule has 6 heteroatoms. The van der Waals surface area contributed by atoms with Crippen molar-refractivity contribution in [3.05, 3.63) is 35.4 Å². The maximum atomic E-state index is 12.0. The molecule has 21 heavy (non-hydrogen) atoms. The van der Waals surface area contributed by atoms with Crippen LogP contribution in [0.15, 0.2) is 29.4 Å². The van der Waals surface area contributed by atoms with Gasteiger partial charge in [0.1, 0.15) is 0 Å². The lowest BCUT2D eigenvalue weighted by Gasteiger charge is -2.28. The highest BCUT2D eigenvalue weighted by Gasteiger charge is 2.36. The Kier molecular flexibility index (Phi) is 3.57. The third-order valence-electron chi connectivity index (χ3n) is 4.00. The van der Waals surface area contributed by atoms with Gasteiger partial charge >= 0.3 is 0 Å². The average molecular weight is 306 g/mol. The SMILES string of the molecule is Cc1ccc(C2=NN([C@@H]3CCS(=O)(=O)C3)C(=O)CC2)cc1. The number of hydrazone groups is 1. The maximum Gasteiger partial charge on any atom is 0.243 e. The monoisotopic (exact) mass is 306 g/mol. The zero-order chi connectivity index (χ0) is 15.0. The molecule has 0 N–H and O–H groups in total. The molecule has 0 aromatic heterocycles. The molecule has 2 aliphatic rings. The number of carbonyl (C=O) groups excluding carboxylic acids is 1. The van der Waals surface area contributed by atoms with Crippen molar-refractivity contribution in [1.29, 1.82) is 0 Å². The zero-order valence-corrected chi connectivity index (χ0v) is 12.8. The predicted molar refractivity (Wildman–Crippen MR) is 80.9 cm³/mol. The normalized spacial score (nSPS) is 25.0. The van der Waals surface area contributed by atoms with Gasteiger partial charge in [-0.15, -0.1) is 0 Å². The van der Waals surface area contributed by atoms with E-state index in [9.17, 15) is 13.2 Å². The van der Waals surface area contributed by atoms with Crippen LogP contribution in [0.1, 0.15) is 30.4 Å². The summed E-state index contributed by atoms with van der Waals surface area (Å²) in [4.78, 5) is 12.0. The van der Waals surface area contributed by atoms with E-state index in [1.54, 1.807) is 0 Å². The minimum Gasteiger partial charge on any atom is -0.273 e. The summed E-state index contributed by atoms with van der Waals surface area (Å²) in [5.74, 6) is 0.105. The van der Waals surface area contributed by atoms with Gasteiger partial charge in [0, 0.05) is 12.8 Å². The fourth-order valence-electron chi connectivity index (χ4n) is 2.78. The molecule has 0 saturated carbocycles. The van der Waals surface area contributed by atoms with Crippen molar-refractivity contribution in [2.45, 2.75) is 32.2 Å². The lowest BCUT2D eigenvalue weighted by atomic mass is 10.0. The molecule has 0 spiro atoms. The summed E-state index contributed by atoms with van der Waals surface area (Å²) in [6, 6.07) is 7.71. The number of aryl methyl sites for hydroxylation is 1. The number of rotatable bonds is 2. The van der Waals surface area contributed by atoms with Gasteiger partial charge in [-0.3, -0.25) is 4.79 Å². The van der Waals surface area contributed by atoms with E-state index in [0.717, 1.165) is 11.3 Å². The molecule has 1 aromatic carbocycles. The van der Waals surface area contributed by atoms with Crippen molar-refractivity contribution >= 4 is 21.5 Å². The first kappa shape index (κ1) is 14.3. The van der Waals surface area contributed by atoms with Gasteiger partial charge in [0.05, 0.1) is 23.3 Å². The molecular weight excluding hydrogens is 288 g/mol. The molecule has 1 fully saturated rings. The van der Waals surface area contributed by atoms with Gasteiger partial charge in [0.2, 0.25) is 5.91 Å². The van der Waals surface area contributed by atoms with Crippen molar-refractivity contribution in [1.82, 2.24) is 5.01 Å². The van der Waals surface area contributed by atoms with Crippen LogP contribution in [0, 0.1) is 6.92 Å². The molecule has 1 atom stereocenters. The Hall–Kier alpha value is -1.69. The van der Waals surface area contributed by atoms with Crippen molar-refractivity contribution < 1.29 is 13.2 Å². The summed E-state index contributed by atoms with van der Waals surface area (Å²) in [6.45, 7) is 2.02. The van der Waals surface area contributed by atoms with Crippen LogP contribution in [-0.2, 0) is 14.6 Å². The van der Waals surface area contributed by atoms with E-state index in [-0.39, 0.29) is 23.5 Å². The number of amides is 1. The fraction of sp³-hybridized carbons (Fsp3) is 0.467. The molecule has 5 nitrogen and oxygen atoms in total. The van der Waals surface area contributed by atoms with Crippen LogP contribution in [0.25, 0.3) is 0 Å². The van der Waals surface area contributed by atoms with E-state index in [4.69, 9.17) is 0 Å². The zero-order valence-electron chi connectivity index (χ0n) is 11.9. The molecule has 0 bridgehead atoms. The molecule has 112 valence electrons. The summed E-state index contributed by atoms with van der Waals surface area (Å²) in [6.07, 6.45) is 1.49. The summed E-state index contributed by atoms with van der Waals surface area (Å²) in [5, 5.41) is 5.85. The fourth-order valence-corrected chi connectivity index (χ4v) is 4.47. The number of sulfone groups is 1. The van der Waals surface area contributed by atoms with Crippen LogP contribution in [0.4, 0.5) is 0 Å². The second-order valence-electron chi connectivity index (χ2n) is 5.71. The second-order valence-corrected chi connectivity index (χ2v) is 7.94. The number of nitrogens with zero attached hydrogens (tertiary/aromatic N) is 2. The molecule has 0 aliphatic carbocycles. The first-order valence-electron chi connectivity index (χ1n) is 7.12. The highest BCUT2D eigenvalue weighted by Crippen LogP contribution is 2.23. The second kappa shape index (κ2) is 5.26. The molecule has 2 heterocycles. The standard InChI is InChI=1S/C15H18N2O3S/c1-11-2-4-12(5-3-11)14-6-7-15(18)17(16-14)13-8-9-21(19,20)10-13/h2-5,13H,6-10H2,1H3/t13-/m1/s1. The van der Waals surface area contributed by atoms with E-state index in [1.807, 2.05) is 31.2 Å². The van der Waals surface area contributed by atoms with Gasteiger partial charge in [-0.2, -0.15) is 5.10 Å². The van der Waals surface area contributed by atoms with Crippen LogP contribution >= 0.6 is 0 Å². The first-order chi connectivity index (χ1) is 9.94. The van der Waals surface area contributed by atoms with E-state index in [2.05, 4.69) is 5.10 Å². The van der Waals surface area contributed by atoms with Gasteiger partial charge in [-0.1, -0.05) is 29.8 Å². The van der Waals surface area contributed by atoms with Crippen molar-refractivity contribution in [2.75, 3.05) is 11.5 Å². The first-order valence-corrected chi connectivity index (χ1v) is 8.94. The quantitative estimate of drug-likeness (QED) is 0.832. The number of carbonyl (C=O) groups is 1. The average Bonchev–Trinajstić information content (AvgIpc) is 2.80. The largest absolute Gasteiger partial charge is 0.273 e. The summed E-state index contributed by atoms with van der Waals surface area (Å²) >= 11 is 0. The van der Waals surface area contributed by atoms with Crippen LogP contribution < -0.4 is 0 Å². The Morgan fingerprint density at radius 3 is 2.52 bits per heavy atom. The topological polar surface area (TPSA) is 66.8 Å². The van der Waals surface area contributed by atoms with Crippen LogP contribution in [-0.4, -0.2) is 42.6 Å². The Bertz CT molecular complexity index is 692. The molecular formula is C15H18N2O3S. The van der Waals surface area contributed by atoms with E-state index >= 15 is 0 Å². The van der Waals surface area contributed by atoms with E-state index < -0.39 is 9.84 Å². The van der Waals surface area contributed by atoms with Crippen molar-refractivity contribution in [3.8, 4) is 0 Å². The smallest absolute Gasteiger partial charge is 0.243 e. The lowest BCUT2D eigenvalue weighted by molar-refractivity contribution is -0.133. The Balaban J connectivity index is 1.88. The number of hydrogen-bond donors (Lipinski definition) is 0. The molecule has 2 aliphatic heterocycles. The van der Waals surface area contributed by atoms with Gasteiger partial charge in [0.25, 0.3) is 0 Å². The highest BCUT2D eigenvalue weighted by atomic mass is 32.2. The van der Waals surface area contributed by atoms with Gasteiger partial charge in [0.15, 0.2) is 9.84 Å². The van der Waals surface area contributed by atoms with Crippen molar-refractivity contribution in [3.63, 3.8) is 0 Å². The van der Waals surface area contributed by atoms with Crippen LogP contribution in [0.3, 0.4) is 0 Å². The third kappa shape index (κ3) is 3.00. The predicted octanol–water partition coefficient (Wildman–Crippen LogP) is 1.51. The van der Waals surface area contributed by atoms with E-state index in [1.165, 1.54) is 10.6 Å². The molecule has 3 rings (SSSR count). The van der Waals surface area contributed by atoms with Gasteiger partial charge < -0.3 is 0 Å². The molecule has 1 saturated heterocycles. The van der Waals surface area contributed by atoms with Crippen molar-refractivity contribution in [2.24, 2.45) is 5.10 Å². The van der Waals surface area contributed by atoms with Gasteiger partial charge in [-0.25, -0.2) is 13.4 Å². The summed E-state index contributed by atoms with van der Waals surface area (Å²) < 4.78 is 23.2. The summed E-state index contributed by atoms with van der Waals surface area (Å²) in [5.41, 5.74) is 3.03. The Morgan fingerprint density at radius 1 is 1.19 bits per heavy atom. The molecule has 1 amide bonds. The number of hydrogen-bond acceptors (Lipinski definition) is 4. The minimum absolute atomic E-state index is 0.0312. The minimum atomic E-state index is -3.02. The lowest BCUT2D eigenvalue weighted by Crippen LogP contribution is -2.40. The highest BCUT2D eigenvalue weighted by molar-refractivity contribution is 7.91.